The summed E-state index contributed by atoms with van der Waals surface area (Å²) in [6, 6.07) is 18.5. The van der Waals surface area contributed by atoms with Gasteiger partial charge in [-0.25, -0.2) is 0 Å². The summed E-state index contributed by atoms with van der Waals surface area (Å²) in [5, 5.41) is 3.95. The van der Waals surface area contributed by atoms with Crippen LogP contribution >= 0.6 is 11.6 Å². The predicted octanol–water partition coefficient (Wildman–Crippen LogP) is 4.90. The molecular weight excluding hydrogens is 362 g/mol. The average molecular weight is 380 g/mol. The smallest absolute Gasteiger partial charge is 0.262 e. The fourth-order valence-corrected chi connectivity index (χ4v) is 3.37. The molecule has 0 saturated heterocycles. The number of anilines is 2. The van der Waals surface area contributed by atoms with Gasteiger partial charge in [0.05, 0.1) is 28.6 Å². The molecule has 0 radical (unpaired) electrons. The zero-order valence-electron chi connectivity index (χ0n) is 14.7. The highest BCUT2D eigenvalue weighted by molar-refractivity contribution is 6.33. The fraction of sp³-hybridized carbons (Fsp3) is 0.143. The number of ether oxygens (including phenoxy) is 1. The Balaban J connectivity index is 1.74. The van der Waals surface area contributed by atoms with E-state index in [1.807, 2.05) is 49.4 Å². The third-order valence-electron chi connectivity index (χ3n) is 4.40. The van der Waals surface area contributed by atoms with Gasteiger partial charge >= 0.3 is 0 Å². The number of nitrogens with zero attached hydrogens (tertiary/aromatic N) is 2. The van der Waals surface area contributed by atoms with Gasteiger partial charge < -0.3 is 10.1 Å². The minimum Gasteiger partial charge on any atom is -0.494 e. The molecule has 1 N–H and O–H groups in total. The van der Waals surface area contributed by atoms with Crippen LogP contribution in [-0.2, 0) is 0 Å². The van der Waals surface area contributed by atoms with Crippen LogP contribution in [-0.4, -0.2) is 17.5 Å². The number of benzene rings is 2. The zero-order chi connectivity index (χ0) is 18.8. The van der Waals surface area contributed by atoms with Crippen molar-refractivity contribution in [3.63, 3.8) is 0 Å². The van der Waals surface area contributed by atoms with Gasteiger partial charge in [-0.2, -0.15) is 0 Å². The highest BCUT2D eigenvalue weighted by Gasteiger charge is 2.39. The van der Waals surface area contributed by atoms with Crippen molar-refractivity contribution in [3.05, 3.63) is 83.1 Å². The minimum atomic E-state index is -0.452. The lowest BCUT2D eigenvalue weighted by molar-refractivity contribution is 0.0993. The van der Waals surface area contributed by atoms with Gasteiger partial charge in [0.2, 0.25) is 0 Å². The van der Waals surface area contributed by atoms with E-state index in [9.17, 15) is 4.79 Å². The highest BCUT2D eigenvalue weighted by atomic mass is 35.5. The van der Waals surface area contributed by atoms with Gasteiger partial charge in [0, 0.05) is 11.9 Å². The quantitative estimate of drug-likeness (QED) is 0.684. The second kappa shape index (κ2) is 7.29. The summed E-state index contributed by atoms with van der Waals surface area (Å²) in [7, 11) is 0. The number of fused-ring (bicyclic) bond motifs is 1. The summed E-state index contributed by atoms with van der Waals surface area (Å²) < 4.78 is 5.50. The van der Waals surface area contributed by atoms with Crippen LogP contribution < -0.4 is 15.0 Å². The Kier molecular flexibility index (Phi) is 4.69. The van der Waals surface area contributed by atoms with Crippen molar-refractivity contribution in [3.8, 4) is 5.75 Å². The molecular formula is C21H18ClN3O2. The van der Waals surface area contributed by atoms with Crippen LogP contribution in [0, 0.1) is 0 Å². The summed E-state index contributed by atoms with van der Waals surface area (Å²) in [4.78, 5) is 19.2. The molecule has 1 aliphatic heterocycles. The average Bonchev–Trinajstić information content (AvgIpc) is 2.97. The second-order valence-electron chi connectivity index (χ2n) is 6.06. The largest absolute Gasteiger partial charge is 0.494 e. The molecule has 2 heterocycles. The number of carbonyl (C=O) groups excluding carboxylic acids is 1. The Labute approximate surface area is 162 Å². The molecule has 136 valence electrons. The fourth-order valence-electron chi connectivity index (χ4n) is 3.18. The molecule has 0 saturated carbocycles. The molecule has 1 aliphatic rings. The molecule has 0 bridgehead atoms. The van der Waals surface area contributed by atoms with E-state index in [0.29, 0.717) is 22.9 Å². The van der Waals surface area contributed by atoms with Gasteiger partial charge in [-0.15, -0.1) is 0 Å². The molecule has 2 aromatic carbocycles. The van der Waals surface area contributed by atoms with Crippen LogP contribution in [0.2, 0.25) is 5.02 Å². The van der Waals surface area contributed by atoms with Crippen molar-refractivity contribution < 1.29 is 9.53 Å². The topological polar surface area (TPSA) is 54.5 Å². The maximum Gasteiger partial charge on any atom is 0.262 e. The lowest BCUT2D eigenvalue weighted by Crippen LogP contribution is -2.32. The van der Waals surface area contributed by atoms with Crippen molar-refractivity contribution in [2.24, 2.45) is 0 Å². The van der Waals surface area contributed by atoms with Gasteiger partial charge in [0.25, 0.3) is 5.91 Å². The maximum atomic E-state index is 13.1. The number of aromatic nitrogens is 1. The van der Waals surface area contributed by atoms with E-state index in [-0.39, 0.29) is 5.91 Å². The molecule has 4 rings (SSSR count). The molecule has 1 unspecified atom stereocenters. The van der Waals surface area contributed by atoms with Crippen LogP contribution in [0.4, 0.5) is 11.4 Å². The first-order valence-electron chi connectivity index (χ1n) is 8.71. The van der Waals surface area contributed by atoms with Crippen molar-refractivity contribution in [1.29, 1.82) is 0 Å². The number of amides is 1. The number of halogens is 1. The number of para-hydroxylation sites is 1. The first-order chi connectivity index (χ1) is 13.2. The highest BCUT2D eigenvalue weighted by Crippen LogP contribution is 2.38. The van der Waals surface area contributed by atoms with E-state index < -0.39 is 6.17 Å². The molecule has 0 fully saturated rings. The van der Waals surface area contributed by atoms with E-state index in [1.54, 1.807) is 29.3 Å². The monoisotopic (exact) mass is 379 g/mol. The van der Waals surface area contributed by atoms with Crippen molar-refractivity contribution in [2.75, 3.05) is 16.8 Å². The Morgan fingerprint density at radius 1 is 1.11 bits per heavy atom. The number of hydrogen-bond donors (Lipinski definition) is 1. The lowest BCUT2D eigenvalue weighted by atomic mass is 10.2. The molecule has 1 amide bonds. The molecule has 27 heavy (non-hydrogen) atoms. The van der Waals surface area contributed by atoms with Crippen molar-refractivity contribution in [2.45, 2.75) is 13.1 Å². The lowest BCUT2D eigenvalue weighted by Gasteiger charge is -2.27. The number of nitrogens with one attached hydrogen (secondary N) is 1. The van der Waals surface area contributed by atoms with E-state index in [2.05, 4.69) is 10.3 Å². The van der Waals surface area contributed by atoms with Crippen LogP contribution in [0.1, 0.15) is 29.1 Å². The van der Waals surface area contributed by atoms with Crippen molar-refractivity contribution in [1.82, 2.24) is 4.98 Å². The standard InChI is InChI=1S/C21H18ClN3O2/c1-2-27-15-11-9-14(10-12-15)25-20(24-18-8-4-3-7-17(18)22)19-16(21(25)26)6-5-13-23-19/h3-13,20,24H,2H2,1H3. The molecule has 1 aromatic heterocycles. The Hall–Kier alpha value is -3.05. The molecule has 6 heteroatoms. The summed E-state index contributed by atoms with van der Waals surface area (Å²) in [5.41, 5.74) is 2.75. The van der Waals surface area contributed by atoms with Gasteiger partial charge in [-0.1, -0.05) is 23.7 Å². The number of rotatable bonds is 5. The SMILES string of the molecule is CCOc1ccc(N2C(=O)c3cccnc3C2Nc2ccccc2Cl)cc1. The molecule has 5 nitrogen and oxygen atoms in total. The zero-order valence-corrected chi connectivity index (χ0v) is 15.5. The van der Waals surface area contributed by atoms with Gasteiger partial charge in [-0.05, 0) is 55.5 Å². The predicted molar refractivity (Wildman–Crippen MR) is 106 cm³/mol. The van der Waals surface area contributed by atoms with Gasteiger partial charge in [-0.3, -0.25) is 14.7 Å². The van der Waals surface area contributed by atoms with E-state index in [0.717, 1.165) is 17.1 Å². The van der Waals surface area contributed by atoms with E-state index in [1.165, 1.54) is 0 Å². The van der Waals surface area contributed by atoms with Crippen molar-refractivity contribution >= 4 is 28.9 Å². The Morgan fingerprint density at radius 3 is 2.63 bits per heavy atom. The Morgan fingerprint density at radius 2 is 1.89 bits per heavy atom. The maximum absolute atomic E-state index is 13.1. The summed E-state index contributed by atoms with van der Waals surface area (Å²) in [6.45, 7) is 2.53. The third kappa shape index (κ3) is 3.22. The van der Waals surface area contributed by atoms with Crippen LogP contribution in [0.25, 0.3) is 0 Å². The van der Waals surface area contributed by atoms with E-state index >= 15 is 0 Å². The first-order valence-corrected chi connectivity index (χ1v) is 9.09. The molecule has 3 aromatic rings. The number of hydrogen-bond acceptors (Lipinski definition) is 4. The molecule has 0 aliphatic carbocycles. The van der Waals surface area contributed by atoms with Crippen LogP contribution in [0.3, 0.4) is 0 Å². The van der Waals surface area contributed by atoms with Crippen LogP contribution in [0.15, 0.2) is 66.9 Å². The van der Waals surface area contributed by atoms with Gasteiger partial charge in [0.1, 0.15) is 5.75 Å². The summed E-state index contributed by atoms with van der Waals surface area (Å²) in [6.07, 6.45) is 1.24. The van der Waals surface area contributed by atoms with Gasteiger partial charge in [0.15, 0.2) is 6.17 Å². The molecule has 0 spiro atoms. The summed E-state index contributed by atoms with van der Waals surface area (Å²) in [5.74, 6) is 0.658. The summed E-state index contributed by atoms with van der Waals surface area (Å²) >= 11 is 6.31. The second-order valence-corrected chi connectivity index (χ2v) is 6.47. The minimum absolute atomic E-state index is 0.105. The Bertz CT molecular complexity index is 975. The van der Waals surface area contributed by atoms with E-state index in [4.69, 9.17) is 16.3 Å². The number of pyridine rings is 1. The first kappa shape index (κ1) is 17.4. The number of carbonyl (C=O) groups is 1. The third-order valence-corrected chi connectivity index (χ3v) is 4.73. The molecule has 1 atom stereocenters. The normalized spacial score (nSPS) is 15.6. The van der Waals surface area contributed by atoms with Crippen LogP contribution in [0.5, 0.6) is 5.75 Å².